The molecule has 2 aromatic carbocycles. The number of carbonyl (C=O) groups is 1. The van der Waals surface area contributed by atoms with Crippen molar-refractivity contribution in [2.24, 2.45) is 0 Å². The highest BCUT2D eigenvalue weighted by atomic mass is 35.5. The number of carbonyl (C=O) groups excluding carboxylic acids is 1. The Balaban J connectivity index is 1.36. The first kappa shape index (κ1) is 21.6. The van der Waals surface area contributed by atoms with Gasteiger partial charge in [-0.05, 0) is 48.5 Å². The summed E-state index contributed by atoms with van der Waals surface area (Å²) in [7, 11) is 0. The highest BCUT2D eigenvalue weighted by molar-refractivity contribution is 6.30. The number of amides is 1. The summed E-state index contributed by atoms with van der Waals surface area (Å²) < 4.78 is 10.9. The number of halogens is 1. The summed E-state index contributed by atoms with van der Waals surface area (Å²) in [4.78, 5) is 29.1. The molecule has 0 spiro atoms. The molecule has 35 heavy (non-hydrogen) atoms. The minimum Gasteiger partial charge on any atom is -0.454 e. The van der Waals surface area contributed by atoms with E-state index in [0.29, 0.717) is 58.7 Å². The molecule has 9 nitrogen and oxygen atoms in total. The Morgan fingerprint density at radius 1 is 1.09 bits per heavy atom. The van der Waals surface area contributed by atoms with Crippen LogP contribution in [0.2, 0.25) is 5.02 Å². The molecule has 2 N–H and O–H groups in total. The molecule has 1 saturated heterocycles. The maximum atomic E-state index is 13.3. The number of fused-ring (bicyclic) bond motifs is 2. The fraction of sp³-hybridized carbons (Fsp3) is 0.200. The predicted molar refractivity (Wildman–Crippen MR) is 133 cm³/mol. The average Bonchev–Trinajstić information content (AvgIpc) is 3.36. The van der Waals surface area contributed by atoms with E-state index in [1.807, 2.05) is 41.3 Å². The number of nitrogens with one attached hydrogen (secondary N) is 2. The Morgan fingerprint density at radius 3 is 2.91 bits per heavy atom. The zero-order valence-corrected chi connectivity index (χ0v) is 19.3. The van der Waals surface area contributed by atoms with Gasteiger partial charge in [-0.2, -0.15) is 0 Å². The van der Waals surface area contributed by atoms with Crippen LogP contribution in [0, 0.1) is 0 Å². The molecule has 0 bridgehead atoms. The molecule has 2 aliphatic rings. The Bertz CT molecular complexity index is 1430. The molecule has 6 rings (SSSR count). The van der Waals surface area contributed by atoms with Crippen molar-refractivity contribution in [1.82, 2.24) is 20.3 Å². The van der Waals surface area contributed by atoms with Crippen molar-refractivity contribution in [3.63, 3.8) is 0 Å². The molecule has 1 fully saturated rings. The summed E-state index contributed by atoms with van der Waals surface area (Å²) in [5.41, 5.74) is 3.62. The van der Waals surface area contributed by atoms with Crippen LogP contribution in [0.3, 0.4) is 0 Å². The number of aromatic nitrogens is 3. The molecule has 2 aromatic heterocycles. The molecule has 4 aromatic rings. The van der Waals surface area contributed by atoms with Crippen LogP contribution >= 0.6 is 11.6 Å². The molecule has 0 saturated carbocycles. The minimum absolute atomic E-state index is 0.154. The first-order chi connectivity index (χ1) is 17.2. The topological polar surface area (TPSA) is 102 Å². The molecule has 0 aliphatic carbocycles. The quantitative estimate of drug-likeness (QED) is 0.450. The molecule has 0 radical (unpaired) electrons. The van der Waals surface area contributed by atoms with Crippen molar-refractivity contribution < 1.29 is 14.3 Å². The third-order valence-corrected chi connectivity index (χ3v) is 6.28. The van der Waals surface area contributed by atoms with Gasteiger partial charge in [0.15, 0.2) is 17.3 Å². The second-order valence-electron chi connectivity index (χ2n) is 8.24. The maximum absolute atomic E-state index is 13.3. The number of benzene rings is 2. The Labute approximate surface area is 206 Å². The zero-order chi connectivity index (χ0) is 23.8. The van der Waals surface area contributed by atoms with Gasteiger partial charge in [-0.25, -0.2) is 15.0 Å². The molecule has 4 heterocycles. The molecule has 10 heteroatoms. The molecule has 2 aliphatic heterocycles. The van der Waals surface area contributed by atoms with Crippen LogP contribution in [-0.4, -0.2) is 53.3 Å². The highest BCUT2D eigenvalue weighted by Crippen LogP contribution is 2.36. The fourth-order valence-corrected chi connectivity index (χ4v) is 4.53. The van der Waals surface area contributed by atoms with Gasteiger partial charge in [0, 0.05) is 35.9 Å². The van der Waals surface area contributed by atoms with Gasteiger partial charge in [0.2, 0.25) is 12.7 Å². The summed E-state index contributed by atoms with van der Waals surface area (Å²) >= 11 is 6.09. The normalized spacial score (nSPS) is 16.9. The third-order valence-electron chi connectivity index (χ3n) is 6.04. The van der Waals surface area contributed by atoms with Crippen LogP contribution in [-0.2, 0) is 4.79 Å². The smallest absolute Gasteiger partial charge is 0.248 e. The van der Waals surface area contributed by atoms with Crippen molar-refractivity contribution in [2.75, 3.05) is 36.6 Å². The van der Waals surface area contributed by atoms with Crippen molar-refractivity contribution >= 4 is 40.0 Å². The van der Waals surface area contributed by atoms with Gasteiger partial charge in [-0.15, -0.1) is 0 Å². The van der Waals surface area contributed by atoms with E-state index in [9.17, 15) is 4.79 Å². The molecular formula is C25H21ClN6O3. The predicted octanol–water partition coefficient (Wildman–Crippen LogP) is 3.49. The van der Waals surface area contributed by atoms with E-state index >= 15 is 0 Å². The molecule has 1 atom stereocenters. The van der Waals surface area contributed by atoms with Gasteiger partial charge in [0.25, 0.3) is 0 Å². The van der Waals surface area contributed by atoms with Crippen molar-refractivity contribution in [3.8, 4) is 22.8 Å². The molecular weight excluding hydrogens is 468 g/mol. The van der Waals surface area contributed by atoms with Gasteiger partial charge < -0.3 is 25.0 Å². The van der Waals surface area contributed by atoms with E-state index in [4.69, 9.17) is 26.1 Å². The van der Waals surface area contributed by atoms with Crippen LogP contribution in [0.4, 0.5) is 11.5 Å². The number of hydrogen-bond acceptors (Lipinski definition) is 8. The van der Waals surface area contributed by atoms with E-state index < -0.39 is 6.04 Å². The number of pyridine rings is 1. The van der Waals surface area contributed by atoms with Crippen molar-refractivity contribution in [1.29, 1.82) is 0 Å². The van der Waals surface area contributed by atoms with Crippen LogP contribution in [0.25, 0.3) is 22.3 Å². The second-order valence-corrected chi connectivity index (χ2v) is 8.68. The first-order valence-corrected chi connectivity index (χ1v) is 11.6. The highest BCUT2D eigenvalue weighted by Gasteiger charge is 2.31. The Hall–Kier alpha value is -3.95. The van der Waals surface area contributed by atoms with Crippen LogP contribution < -0.4 is 25.0 Å². The zero-order valence-electron chi connectivity index (χ0n) is 18.6. The lowest BCUT2D eigenvalue weighted by molar-refractivity contribution is -0.117. The van der Waals surface area contributed by atoms with Crippen molar-refractivity contribution in [3.05, 3.63) is 65.9 Å². The summed E-state index contributed by atoms with van der Waals surface area (Å²) in [5.74, 6) is 1.87. The lowest BCUT2D eigenvalue weighted by Crippen LogP contribution is -2.57. The number of rotatable bonds is 4. The maximum Gasteiger partial charge on any atom is 0.248 e. The van der Waals surface area contributed by atoms with Gasteiger partial charge in [-0.1, -0.05) is 17.7 Å². The first-order valence-electron chi connectivity index (χ1n) is 11.2. The summed E-state index contributed by atoms with van der Waals surface area (Å²) in [6, 6.07) is 16.2. The van der Waals surface area contributed by atoms with E-state index in [1.54, 1.807) is 18.2 Å². The Kier molecular flexibility index (Phi) is 5.55. The Morgan fingerprint density at radius 2 is 2.00 bits per heavy atom. The molecule has 1 unspecified atom stereocenters. The average molecular weight is 489 g/mol. The lowest BCUT2D eigenvalue weighted by Gasteiger charge is -2.36. The summed E-state index contributed by atoms with van der Waals surface area (Å²) in [5, 5.41) is 6.83. The third kappa shape index (κ3) is 4.20. The lowest BCUT2D eigenvalue weighted by atomic mass is 10.1. The van der Waals surface area contributed by atoms with E-state index in [0.717, 1.165) is 11.3 Å². The fourth-order valence-electron chi connectivity index (χ4n) is 4.34. The van der Waals surface area contributed by atoms with E-state index in [-0.39, 0.29) is 12.7 Å². The SMILES string of the molecule is O=C(Nc1cccc(Cl)c1)C1CNCCN1c1ncnc2ccc(-c3ccc4c(c3)OCO4)nc12. The van der Waals surface area contributed by atoms with Crippen LogP contribution in [0.5, 0.6) is 11.5 Å². The van der Waals surface area contributed by atoms with E-state index in [2.05, 4.69) is 20.6 Å². The van der Waals surface area contributed by atoms with Crippen LogP contribution in [0.1, 0.15) is 0 Å². The second kappa shape index (κ2) is 9.01. The standard InChI is InChI=1S/C25H21ClN6O3/c26-16-2-1-3-17(11-16)30-25(33)20-12-27-8-9-32(20)24-23-19(28-13-29-24)6-5-18(31-23)15-4-7-21-22(10-15)35-14-34-21/h1-7,10-11,13,20,27H,8-9,12,14H2,(H,30,33). The molecule has 176 valence electrons. The number of piperazine rings is 1. The van der Waals surface area contributed by atoms with Gasteiger partial charge in [0.05, 0.1) is 11.2 Å². The number of hydrogen-bond donors (Lipinski definition) is 2. The number of anilines is 2. The van der Waals surface area contributed by atoms with Gasteiger partial charge in [-0.3, -0.25) is 4.79 Å². The minimum atomic E-state index is -0.489. The van der Waals surface area contributed by atoms with E-state index in [1.165, 1.54) is 6.33 Å². The van der Waals surface area contributed by atoms with Gasteiger partial charge in [0.1, 0.15) is 17.9 Å². The van der Waals surface area contributed by atoms with Crippen LogP contribution in [0.15, 0.2) is 60.9 Å². The van der Waals surface area contributed by atoms with Gasteiger partial charge >= 0.3 is 0 Å². The van der Waals surface area contributed by atoms with Crippen molar-refractivity contribution in [2.45, 2.75) is 6.04 Å². The molecule has 1 amide bonds. The number of nitrogens with zero attached hydrogens (tertiary/aromatic N) is 4. The number of ether oxygens (including phenoxy) is 2. The summed E-state index contributed by atoms with van der Waals surface area (Å²) in [6.07, 6.45) is 1.51. The monoisotopic (exact) mass is 488 g/mol. The largest absolute Gasteiger partial charge is 0.454 e. The summed E-state index contributed by atoms with van der Waals surface area (Å²) in [6.45, 7) is 1.99.